The molecular weight excluding hydrogens is 587 g/mol. The van der Waals surface area contributed by atoms with Crippen molar-refractivity contribution >= 4 is 0 Å². The van der Waals surface area contributed by atoms with Crippen LogP contribution in [0.2, 0.25) is 0 Å². The van der Waals surface area contributed by atoms with Crippen LogP contribution >= 0.6 is 0 Å². The second-order valence-corrected chi connectivity index (χ2v) is 14.1. The Kier molecular flexibility index (Phi) is 35.5. The van der Waals surface area contributed by atoms with Crippen molar-refractivity contribution in [3.05, 3.63) is 49.1 Å². The number of rotatable bonds is 35. The molecule has 0 saturated carbocycles. The highest BCUT2D eigenvalue weighted by molar-refractivity contribution is 5.04. The summed E-state index contributed by atoms with van der Waals surface area (Å²) in [5.74, 6) is 6.09. The molecule has 2 unspecified atom stereocenters. The Morgan fingerprint density at radius 3 is 1.85 bits per heavy atom. The van der Waals surface area contributed by atoms with Crippen LogP contribution in [0.1, 0.15) is 188 Å². The van der Waals surface area contributed by atoms with Gasteiger partial charge in [0.1, 0.15) is 0 Å². The van der Waals surface area contributed by atoms with E-state index in [1.54, 1.807) is 0 Å². The second kappa shape index (κ2) is 36.7. The molecule has 0 aliphatic carbocycles. The Morgan fingerprint density at radius 2 is 1.23 bits per heavy atom. The number of unbranched alkanes of at least 4 members (excludes halogenated alkanes) is 17. The van der Waals surface area contributed by atoms with E-state index in [1.165, 1.54) is 122 Å². The van der Waals surface area contributed by atoms with Gasteiger partial charge in [-0.25, -0.2) is 0 Å². The first-order chi connectivity index (χ1) is 23.5. The first kappa shape index (κ1) is 46.4. The molecule has 0 saturated heterocycles. The molecule has 0 N–H and O–H groups in total. The van der Waals surface area contributed by atoms with E-state index < -0.39 is 5.79 Å². The lowest BCUT2D eigenvalue weighted by atomic mass is 10.1. The van der Waals surface area contributed by atoms with Crippen LogP contribution in [0.4, 0.5) is 0 Å². The maximum absolute atomic E-state index is 6.73. The molecule has 3 heteroatoms. The van der Waals surface area contributed by atoms with Crippen LogP contribution in [0.5, 0.6) is 0 Å². The summed E-state index contributed by atoms with van der Waals surface area (Å²) in [5, 5.41) is 0. The molecule has 0 bridgehead atoms. The minimum atomic E-state index is -0.564. The summed E-state index contributed by atoms with van der Waals surface area (Å²) < 4.78 is 13.3. The van der Waals surface area contributed by atoms with Crippen LogP contribution in [0.15, 0.2) is 49.1 Å². The van der Waals surface area contributed by atoms with E-state index in [9.17, 15) is 0 Å². The summed E-state index contributed by atoms with van der Waals surface area (Å²) in [6.07, 6.45) is 47.2. The summed E-state index contributed by atoms with van der Waals surface area (Å²) in [6, 6.07) is 0. The van der Waals surface area contributed by atoms with E-state index in [-0.39, 0.29) is 6.10 Å². The Balaban J connectivity index is 4.21. The maximum atomic E-state index is 6.73. The molecule has 0 heterocycles. The molecule has 0 aromatic rings. The smallest absolute Gasteiger partial charge is 0.173 e. The molecule has 0 radical (unpaired) electrons. The van der Waals surface area contributed by atoms with Gasteiger partial charge in [-0.3, -0.25) is 0 Å². The van der Waals surface area contributed by atoms with Crippen molar-refractivity contribution in [3.63, 3.8) is 0 Å². The quantitative estimate of drug-likeness (QED) is 0.0290. The lowest BCUT2D eigenvalue weighted by Gasteiger charge is -2.36. The molecule has 0 aliphatic rings. The zero-order valence-electron chi connectivity index (χ0n) is 32.9. The number of allylic oxidation sites excluding steroid dienone is 6. The SMILES string of the molecule is C=CCC(CCN(C)C)(OCCCCCCCCC#CC/C=C\CCCCC)OC(C)CCCCCCC/C=C\C/C=C\CCCCC. The van der Waals surface area contributed by atoms with Gasteiger partial charge in [-0.05, 0) is 85.2 Å². The number of hydrogen-bond donors (Lipinski definition) is 0. The highest BCUT2D eigenvalue weighted by Crippen LogP contribution is 2.28. The molecular formula is C45H81NO2. The largest absolute Gasteiger partial charge is 0.350 e. The normalized spacial score (nSPS) is 13.9. The minimum absolute atomic E-state index is 0.190. The Bertz CT molecular complexity index is 832. The van der Waals surface area contributed by atoms with Gasteiger partial charge in [0, 0.05) is 32.2 Å². The number of nitrogens with zero attached hydrogens (tertiary/aromatic N) is 1. The van der Waals surface area contributed by atoms with Crippen LogP contribution < -0.4 is 0 Å². The summed E-state index contributed by atoms with van der Waals surface area (Å²) in [7, 11) is 4.26. The van der Waals surface area contributed by atoms with Crippen molar-refractivity contribution in [2.45, 2.75) is 200 Å². The van der Waals surface area contributed by atoms with Gasteiger partial charge in [0.05, 0.1) is 12.7 Å². The van der Waals surface area contributed by atoms with E-state index in [2.05, 4.69) is 94.6 Å². The lowest BCUT2D eigenvalue weighted by molar-refractivity contribution is -0.260. The number of ether oxygens (including phenoxy) is 2. The maximum Gasteiger partial charge on any atom is 0.173 e. The van der Waals surface area contributed by atoms with Gasteiger partial charge in [-0.15, -0.1) is 12.5 Å². The van der Waals surface area contributed by atoms with Gasteiger partial charge in [0.25, 0.3) is 0 Å². The van der Waals surface area contributed by atoms with Gasteiger partial charge in [0.15, 0.2) is 5.79 Å². The summed E-state index contributed by atoms with van der Waals surface area (Å²) in [4.78, 5) is 2.23. The van der Waals surface area contributed by atoms with E-state index in [0.29, 0.717) is 0 Å². The molecule has 0 aromatic heterocycles. The van der Waals surface area contributed by atoms with Gasteiger partial charge >= 0.3 is 0 Å². The van der Waals surface area contributed by atoms with Crippen LogP contribution in [0, 0.1) is 11.8 Å². The predicted molar refractivity (Wildman–Crippen MR) is 215 cm³/mol. The third-order valence-corrected chi connectivity index (χ3v) is 8.92. The van der Waals surface area contributed by atoms with Crippen LogP contribution in [-0.4, -0.2) is 44.0 Å². The Morgan fingerprint density at radius 1 is 0.667 bits per heavy atom. The summed E-state index contributed by atoms with van der Waals surface area (Å²) >= 11 is 0. The van der Waals surface area contributed by atoms with E-state index >= 15 is 0 Å². The topological polar surface area (TPSA) is 21.7 Å². The van der Waals surface area contributed by atoms with E-state index in [1.807, 2.05) is 6.08 Å². The van der Waals surface area contributed by atoms with Crippen molar-refractivity contribution in [3.8, 4) is 11.8 Å². The molecule has 0 aromatic carbocycles. The second-order valence-electron chi connectivity index (χ2n) is 14.1. The first-order valence-electron chi connectivity index (χ1n) is 20.5. The fourth-order valence-corrected chi connectivity index (χ4v) is 5.87. The average molecular weight is 668 g/mol. The zero-order chi connectivity index (χ0) is 35.2. The molecule has 0 aliphatic heterocycles. The molecule has 0 amide bonds. The van der Waals surface area contributed by atoms with Crippen molar-refractivity contribution in [1.29, 1.82) is 0 Å². The van der Waals surface area contributed by atoms with Gasteiger partial charge in [-0.2, -0.15) is 0 Å². The molecule has 48 heavy (non-hydrogen) atoms. The molecule has 3 nitrogen and oxygen atoms in total. The summed E-state index contributed by atoms with van der Waals surface area (Å²) in [5.41, 5.74) is 0. The van der Waals surface area contributed by atoms with Crippen molar-refractivity contribution < 1.29 is 9.47 Å². The van der Waals surface area contributed by atoms with Crippen LogP contribution in [0.25, 0.3) is 0 Å². The van der Waals surface area contributed by atoms with Crippen LogP contribution in [-0.2, 0) is 9.47 Å². The van der Waals surface area contributed by atoms with E-state index in [0.717, 1.165) is 58.1 Å². The number of hydrogen-bond acceptors (Lipinski definition) is 3. The van der Waals surface area contributed by atoms with Gasteiger partial charge in [-0.1, -0.05) is 139 Å². The lowest BCUT2D eigenvalue weighted by Crippen LogP contribution is -2.41. The van der Waals surface area contributed by atoms with Gasteiger partial charge in [0.2, 0.25) is 0 Å². The third kappa shape index (κ3) is 32.9. The molecule has 0 rings (SSSR count). The first-order valence-corrected chi connectivity index (χ1v) is 20.5. The molecule has 278 valence electrons. The monoisotopic (exact) mass is 668 g/mol. The molecule has 2 atom stereocenters. The molecule has 0 fully saturated rings. The van der Waals surface area contributed by atoms with Crippen molar-refractivity contribution in [2.75, 3.05) is 27.2 Å². The van der Waals surface area contributed by atoms with Gasteiger partial charge < -0.3 is 14.4 Å². The van der Waals surface area contributed by atoms with Crippen molar-refractivity contribution in [2.24, 2.45) is 0 Å². The average Bonchev–Trinajstić information content (AvgIpc) is 3.07. The Hall–Kier alpha value is -1.60. The zero-order valence-corrected chi connectivity index (χ0v) is 32.9. The summed E-state index contributed by atoms with van der Waals surface area (Å²) in [6.45, 7) is 12.5. The van der Waals surface area contributed by atoms with E-state index in [4.69, 9.17) is 9.47 Å². The minimum Gasteiger partial charge on any atom is -0.350 e. The highest BCUT2D eigenvalue weighted by Gasteiger charge is 2.32. The molecule has 0 spiro atoms. The third-order valence-electron chi connectivity index (χ3n) is 8.92. The Labute approximate surface area is 301 Å². The standard InChI is InChI=1S/C45H81NO2/c1-7-10-12-14-16-18-20-22-24-26-28-30-32-34-36-38-43-47-45(40-9-3,41-42-46(5)6)48-44(4)39-37-35-33-31-29-27-25-23-21-19-17-15-13-11-8-2/h9,16-19,23,25,44H,3,7-8,10-15,20-21,26-43H2,1-2,4-6H3/b18-16-,19-17-,25-23-. The van der Waals surface area contributed by atoms with Crippen molar-refractivity contribution in [1.82, 2.24) is 4.90 Å². The highest BCUT2D eigenvalue weighted by atomic mass is 16.7. The van der Waals surface area contributed by atoms with Crippen LogP contribution in [0.3, 0.4) is 0 Å². The predicted octanol–water partition coefficient (Wildman–Crippen LogP) is 13.7. The fraction of sp³-hybridized carbons (Fsp3) is 0.778. The fourth-order valence-electron chi connectivity index (χ4n) is 5.87.